The Bertz CT molecular complexity index is 1220. The Balaban J connectivity index is 1.92. The molecule has 4 aromatic rings. The van der Waals surface area contributed by atoms with E-state index in [-0.39, 0.29) is 21.9 Å². The average Bonchev–Trinajstić information content (AvgIpc) is 2.60. The van der Waals surface area contributed by atoms with Gasteiger partial charge in [0, 0.05) is 10.8 Å². The third kappa shape index (κ3) is 2.59. The predicted octanol–water partition coefficient (Wildman–Crippen LogP) is 3.41. The molecule has 0 atom stereocenters. The van der Waals surface area contributed by atoms with Crippen molar-refractivity contribution in [2.24, 2.45) is 0 Å². The van der Waals surface area contributed by atoms with Gasteiger partial charge in [-0.3, -0.25) is 4.79 Å². The van der Waals surface area contributed by atoms with Gasteiger partial charge in [0.05, 0.1) is 0 Å². The van der Waals surface area contributed by atoms with Crippen molar-refractivity contribution < 1.29 is 22.4 Å². The van der Waals surface area contributed by atoms with Crippen LogP contribution in [0.2, 0.25) is 0 Å². The number of rotatable bonds is 2. The summed E-state index contributed by atoms with van der Waals surface area (Å²) in [5.74, 6) is -2.11. The van der Waals surface area contributed by atoms with Crippen LogP contribution in [0.4, 0.5) is 8.78 Å². The number of carbonyl (C=O) groups is 1. The average molecular weight is 354 g/mol. The van der Waals surface area contributed by atoms with Gasteiger partial charge in [0.25, 0.3) is 0 Å². The molecule has 2 heterocycles. The highest BCUT2D eigenvalue weighted by molar-refractivity contribution is 6.10. The normalized spacial score (nSPS) is 11.2. The third-order valence-electron chi connectivity index (χ3n) is 3.88. The van der Waals surface area contributed by atoms with Crippen molar-refractivity contribution in [1.82, 2.24) is 0 Å². The van der Waals surface area contributed by atoms with Crippen LogP contribution < -0.4 is 11.3 Å². The van der Waals surface area contributed by atoms with Gasteiger partial charge in [-0.05, 0) is 48.5 Å². The Kier molecular flexibility index (Phi) is 3.50. The second kappa shape index (κ2) is 5.73. The summed E-state index contributed by atoms with van der Waals surface area (Å²) in [5.41, 5.74) is -2.67. The lowest BCUT2D eigenvalue weighted by molar-refractivity contribution is 0.103. The van der Waals surface area contributed by atoms with Gasteiger partial charge in [-0.1, -0.05) is 0 Å². The number of carbonyl (C=O) groups excluding carboxylic acids is 1. The van der Waals surface area contributed by atoms with Gasteiger partial charge in [0.15, 0.2) is 0 Å². The summed E-state index contributed by atoms with van der Waals surface area (Å²) < 4.78 is 36.7. The zero-order chi connectivity index (χ0) is 18.4. The molecule has 0 fully saturated rings. The van der Waals surface area contributed by atoms with Gasteiger partial charge in [0.2, 0.25) is 5.78 Å². The van der Waals surface area contributed by atoms with Crippen molar-refractivity contribution in [2.75, 3.05) is 0 Å². The van der Waals surface area contributed by atoms with Crippen molar-refractivity contribution in [3.8, 4) is 0 Å². The van der Waals surface area contributed by atoms with Crippen molar-refractivity contribution in [3.05, 3.63) is 92.1 Å². The van der Waals surface area contributed by atoms with Gasteiger partial charge in [-0.15, -0.1) is 0 Å². The molecule has 5 nitrogen and oxygen atoms in total. The highest BCUT2D eigenvalue weighted by atomic mass is 19.1. The van der Waals surface area contributed by atoms with E-state index in [0.717, 1.165) is 36.4 Å². The van der Waals surface area contributed by atoms with Gasteiger partial charge in [0.1, 0.15) is 33.9 Å². The molecule has 4 rings (SSSR count). The van der Waals surface area contributed by atoms with Crippen LogP contribution in [0, 0.1) is 11.6 Å². The van der Waals surface area contributed by atoms with E-state index in [0.29, 0.717) is 0 Å². The Labute approximate surface area is 143 Å². The molecular formula is C19H8F2O5. The number of hydrogen-bond donors (Lipinski definition) is 0. The molecule has 0 spiro atoms. The number of ketones is 1. The minimum absolute atomic E-state index is 0.0977. The van der Waals surface area contributed by atoms with Crippen LogP contribution >= 0.6 is 0 Å². The van der Waals surface area contributed by atoms with E-state index < -0.39 is 39.8 Å². The summed E-state index contributed by atoms with van der Waals surface area (Å²) in [6.45, 7) is 0. The van der Waals surface area contributed by atoms with Crippen molar-refractivity contribution in [2.45, 2.75) is 0 Å². The van der Waals surface area contributed by atoms with Crippen LogP contribution in [-0.4, -0.2) is 5.78 Å². The molecular weight excluding hydrogens is 346 g/mol. The topological polar surface area (TPSA) is 77.5 Å². The summed E-state index contributed by atoms with van der Waals surface area (Å²) in [5, 5.41) is 0.369. The number of halogens is 2. The fourth-order valence-corrected chi connectivity index (χ4v) is 2.65. The fourth-order valence-electron chi connectivity index (χ4n) is 2.65. The lowest BCUT2D eigenvalue weighted by Gasteiger charge is -2.03. The standard InChI is InChI=1S/C19H8F2O5/c20-11-1-3-15-9(5-11)7-13(18(23)25-15)17(22)14-8-10-6-12(21)2-4-16(10)26-19(14)24/h1-8H. The quantitative estimate of drug-likeness (QED) is 0.407. The molecule has 128 valence electrons. The van der Waals surface area contributed by atoms with Crippen LogP contribution in [0.25, 0.3) is 21.9 Å². The molecule has 7 heteroatoms. The number of benzene rings is 2. The first-order chi connectivity index (χ1) is 12.4. The van der Waals surface area contributed by atoms with E-state index in [2.05, 4.69) is 0 Å². The summed E-state index contributed by atoms with van der Waals surface area (Å²) in [6, 6.07) is 9.20. The molecule has 2 aromatic heterocycles. The zero-order valence-electron chi connectivity index (χ0n) is 12.9. The Morgan fingerprint density at radius 2 is 1.12 bits per heavy atom. The minimum atomic E-state index is -0.979. The molecule has 0 amide bonds. The maximum atomic E-state index is 13.4. The molecule has 0 bridgehead atoms. The van der Waals surface area contributed by atoms with Crippen LogP contribution in [0.15, 0.2) is 67.0 Å². The lowest BCUT2D eigenvalue weighted by Crippen LogP contribution is -2.20. The minimum Gasteiger partial charge on any atom is -0.422 e. The Hall–Kier alpha value is -3.61. The first-order valence-electron chi connectivity index (χ1n) is 7.44. The highest BCUT2D eigenvalue weighted by Gasteiger charge is 2.20. The maximum absolute atomic E-state index is 13.4. The molecule has 2 aromatic carbocycles. The molecule has 0 saturated carbocycles. The first-order valence-corrected chi connectivity index (χ1v) is 7.44. The van der Waals surface area contributed by atoms with E-state index in [9.17, 15) is 23.2 Å². The first kappa shape index (κ1) is 15.9. The molecule has 0 unspecified atom stereocenters. The number of hydrogen-bond acceptors (Lipinski definition) is 5. The monoisotopic (exact) mass is 354 g/mol. The van der Waals surface area contributed by atoms with E-state index in [1.54, 1.807) is 0 Å². The highest BCUT2D eigenvalue weighted by Crippen LogP contribution is 2.19. The summed E-state index contributed by atoms with van der Waals surface area (Å²) in [6.07, 6.45) is 0. The van der Waals surface area contributed by atoms with Crippen molar-refractivity contribution in [3.63, 3.8) is 0 Å². The summed E-state index contributed by atoms with van der Waals surface area (Å²) in [7, 11) is 0. The molecule has 0 saturated heterocycles. The molecule has 0 radical (unpaired) electrons. The maximum Gasteiger partial charge on any atom is 0.347 e. The SMILES string of the molecule is O=C(c1cc2cc(F)ccc2oc1=O)c1cc2cc(F)ccc2oc1=O. The van der Waals surface area contributed by atoms with Crippen LogP contribution in [-0.2, 0) is 0 Å². The van der Waals surface area contributed by atoms with Gasteiger partial charge in [-0.2, -0.15) is 0 Å². The molecule has 0 N–H and O–H groups in total. The van der Waals surface area contributed by atoms with Gasteiger partial charge < -0.3 is 8.83 Å². The fraction of sp³-hybridized carbons (Fsp3) is 0. The molecule has 26 heavy (non-hydrogen) atoms. The molecule has 0 aliphatic rings. The molecule has 0 aliphatic heterocycles. The second-order valence-corrected chi connectivity index (χ2v) is 5.59. The van der Waals surface area contributed by atoms with Gasteiger partial charge >= 0.3 is 11.3 Å². The largest absolute Gasteiger partial charge is 0.422 e. The zero-order valence-corrected chi connectivity index (χ0v) is 12.9. The van der Waals surface area contributed by atoms with E-state index in [1.807, 2.05) is 0 Å². The van der Waals surface area contributed by atoms with Crippen LogP contribution in [0.1, 0.15) is 15.9 Å². The third-order valence-corrected chi connectivity index (χ3v) is 3.88. The van der Waals surface area contributed by atoms with Crippen LogP contribution in [0.5, 0.6) is 0 Å². The Morgan fingerprint density at radius 1 is 0.692 bits per heavy atom. The number of fused-ring (bicyclic) bond motifs is 2. The van der Waals surface area contributed by atoms with Crippen molar-refractivity contribution >= 4 is 27.7 Å². The lowest BCUT2D eigenvalue weighted by atomic mass is 10.0. The Morgan fingerprint density at radius 3 is 1.54 bits per heavy atom. The van der Waals surface area contributed by atoms with E-state index in [1.165, 1.54) is 12.1 Å². The van der Waals surface area contributed by atoms with E-state index in [4.69, 9.17) is 8.83 Å². The predicted molar refractivity (Wildman–Crippen MR) is 88.3 cm³/mol. The summed E-state index contributed by atoms with van der Waals surface area (Å²) >= 11 is 0. The van der Waals surface area contributed by atoms with Gasteiger partial charge in [-0.25, -0.2) is 18.4 Å². The summed E-state index contributed by atoms with van der Waals surface area (Å²) in [4.78, 5) is 36.8. The smallest absolute Gasteiger partial charge is 0.347 e. The second-order valence-electron chi connectivity index (χ2n) is 5.59. The van der Waals surface area contributed by atoms with Crippen LogP contribution in [0.3, 0.4) is 0 Å². The van der Waals surface area contributed by atoms with E-state index >= 15 is 0 Å². The van der Waals surface area contributed by atoms with Crippen molar-refractivity contribution in [1.29, 1.82) is 0 Å². The molecule has 0 aliphatic carbocycles.